The summed E-state index contributed by atoms with van der Waals surface area (Å²) in [6, 6.07) is 0. The van der Waals surface area contributed by atoms with Crippen LogP contribution in [0.3, 0.4) is 0 Å². The van der Waals surface area contributed by atoms with Gasteiger partial charge in [-0.15, -0.1) is 11.3 Å². The topological polar surface area (TPSA) is 34.0 Å². The maximum Gasteiger partial charge on any atom is 0.434 e. The molecule has 0 amide bonds. The summed E-state index contributed by atoms with van der Waals surface area (Å²) in [6.07, 6.45) is -0.682. The van der Waals surface area contributed by atoms with Crippen LogP contribution in [-0.4, -0.2) is 27.6 Å². The maximum absolute atomic E-state index is 12.5. The van der Waals surface area contributed by atoms with E-state index in [1.165, 1.54) is 0 Å². The van der Waals surface area contributed by atoms with Gasteiger partial charge in [-0.05, 0) is 6.92 Å². The molecule has 108 valence electrons. The van der Waals surface area contributed by atoms with Crippen LogP contribution in [0, 0.1) is 12.8 Å². The lowest BCUT2D eigenvalue weighted by atomic mass is 10.0. The molecule has 3 heterocycles. The van der Waals surface area contributed by atoms with Crippen molar-refractivity contribution in [1.29, 1.82) is 0 Å². The van der Waals surface area contributed by atoms with Gasteiger partial charge < -0.3 is 9.47 Å². The number of hydrogen-bond acceptors (Lipinski definition) is 4. The van der Waals surface area contributed by atoms with E-state index in [0.717, 1.165) is 42.2 Å². The quantitative estimate of drug-likeness (QED) is 0.874. The number of anilines is 1. The second-order valence-electron chi connectivity index (χ2n) is 4.91. The molecule has 0 aliphatic carbocycles. The fourth-order valence-corrected chi connectivity index (χ4v) is 3.11. The summed E-state index contributed by atoms with van der Waals surface area (Å²) in [5, 5.41) is 1.53. The third kappa shape index (κ3) is 2.52. The van der Waals surface area contributed by atoms with E-state index in [1.54, 1.807) is 6.20 Å². The fourth-order valence-electron chi connectivity index (χ4n) is 2.26. The zero-order chi connectivity index (χ0) is 14.3. The average molecular weight is 302 g/mol. The van der Waals surface area contributed by atoms with Crippen molar-refractivity contribution in [3.8, 4) is 0 Å². The van der Waals surface area contributed by atoms with Crippen molar-refractivity contribution in [1.82, 2.24) is 14.5 Å². The number of hydrogen-bond donors (Lipinski definition) is 0. The number of rotatable bonds is 3. The summed E-state index contributed by atoms with van der Waals surface area (Å²) in [7, 11) is 0. The molecule has 1 saturated heterocycles. The minimum atomic E-state index is -4.35. The number of imidazole rings is 1. The molecule has 8 heteroatoms. The van der Waals surface area contributed by atoms with E-state index in [9.17, 15) is 13.2 Å². The monoisotopic (exact) mass is 302 g/mol. The van der Waals surface area contributed by atoms with Gasteiger partial charge >= 0.3 is 6.18 Å². The molecule has 2 aromatic heterocycles. The van der Waals surface area contributed by atoms with Crippen LogP contribution in [0.15, 0.2) is 17.8 Å². The van der Waals surface area contributed by atoms with Crippen molar-refractivity contribution < 1.29 is 13.2 Å². The highest BCUT2D eigenvalue weighted by atomic mass is 32.1. The summed E-state index contributed by atoms with van der Waals surface area (Å²) >= 11 is 1.05. The standard InChI is InChI=1S/C12H13F3N4S/c1-8-16-2-3-18(8)4-9-5-19(6-9)11-17-10(7-20-11)12(13,14)15/h2-3,7,9H,4-6H2,1H3. The molecule has 0 aromatic carbocycles. The van der Waals surface area contributed by atoms with E-state index in [2.05, 4.69) is 14.5 Å². The lowest BCUT2D eigenvalue weighted by Gasteiger charge is -2.39. The fraction of sp³-hybridized carbons (Fsp3) is 0.500. The van der Waals surface area contributed by atoms with Gasteiger partial charge in [0.1, 0.15) is 5.82 Å². The zero-order valence-corrected chi connectivity index (χ0v) is 11.6. The molecule has 1 aliphatic heterocycles. The summed E-state index contributed by atoms with van der Waals surface area (Å²) in [5.41, 5.74) is -0.800. The molecule has 2 aromatic rings. The molecule has 0 unspecified atom stereocenters. The van der Waals surface area contributed by atoms with Crippen LogP contribution >= 0.6 is 11.3 Å². The Morgan fingerprint density at radius 2 is 2.15 bits per heavy atom. The third-order valence-electron chi connectivity index (χ3n) is 3.39. The smallest absolute Gasteiger partial charge is 0.347 e. The van der Waals surface area contributed by atoms with Gasteiger partial charge in [0.05, 0.1) is 0 Å². The Hall–Kier alpha value is -1.57. The molecule has 1 aliphatic rings. The molecule has 0 atom stereocenters. The van der Waals surface area contributed by atoms with Crippen LogP contribution in [0.5, 0.6) is 0 Å². The Labute approximate surface area is 117 Å². The first-order valence-corrected chi connectivity index (χ1v) is 7.07. The number of halogens is 3. The molecule has 0 saturated carbocycles. The second-order valence-corrected chi connectivity index (χ2v) is 5.75. The Kier molecular flexibility index (Phi) is 3.19. The van der Waals surface area contributed by atoms with Crippen LogP contribution in [0.2, 0.25) is 0 Å². The van der Waals surface area contributed by atoms with E-state index in [1.807, 2.05) is 18.0 Å². The van der Waals surface area contributed by atoms with Crippen LogP contribution in [0.1, 0.15) is 11.5 Å². The van der Waals surface area contributed by atoms with Crippen molar-refractivity contribution in [3.63, 3.8) is 0 Å². The lowest BCUT2D eigenvalue weighted by Crippen LogP contribution is -2.48. The summed E-state index contributed by atoms with van der Waals surface area (Å²) in [4.78, 5) is 9.69. The van der Waals surface area contributed by atoms with Crippen molar-refractivity contribution >= 4 is 16.5 Å². The van der Waals surface area contributed by atoms with Gasteiger partial charge in [-0.3, -0.25) is 0 Å². The van der Waals surface area contributed by atoms with Gasteiger partial charge in [-0.2, -0.15) is 13.2 Å². The number of aromatic nitrogens is 3. The summed E-state index contributed by atoms with van der Waals surface area (Å²) < 4.78 is 39.5. The van der Waals surface area contributed by atoms with Crippen molar-refractivity contribution in [3.05, 3.63) is 29.3 Å². The first-order chi connectivity index (χ1) is 9.43. The molecule has 0 bridgehead atoms. The van der Waals surface area contributed by atoms with E-state index in [0.29, 0.717) is 11.0 Å². The van der Waals surface area contributed by atoms with E-state index >= 15 is 0 Å². The molecule has 0 radical (unpaired) electrons. The molecule has 0 spiro atoms. The largest absolute Gasteiger partial charge is 0.434 e. The van der Waals surface area contributed by atoms with Gasteiger partial charge in [0, 0.05) is 43.3 Å². The molecule has 4 nitrogen and oxygen atoms in total. The number of aryl methyl sites for hydroxylation is 1. The van der Waals surface area contributed by atoms with Crippen molar-refractivity contribution in [2.24, 2.45) is 5.92 Å². The van der Waals surface area contributed by atoms with Crippen LogP contribution in [-0.2, 0) is 12.7 Å². The molecule has 1 fully saturated rings. The normalized spacial score (nSPS) is 16.5. The minimum absolute atomic E-state index is 0.432. The highest BCUT2D eigenvalue weighted by Gasteiger charge is 2.36. The highest BCUT2D eigenvalue weighted by Crippen LogP contribution is 2.35. The van der Waals surface area contributed by atoms with Gasteiger partial charge in [-0.25, -0.2) is 9.97 Å². The number of alkyl halides is 3. The first-order valence-electron chi connectivity index (χ1n) is 6.19. The molecule has 0 N–H and O–H groups in total. The van der Waals surface area contributed by atoms with E-state index in [4.69, 9.17) is 0 Å². The van der Waals surface area contributed by atoms with Gasteiger partial charge in [0.25, 0.3) is 0 Å². The Balaban J connectivity index is 1.58. The van der Waals surface area contributed by atoms with Crippen LogP contribution in [0.4, 0.5) is 18.3 Å². The molecular weight excluding hydrogens is 289 g/mol. The van der Waals surface area contributed by atoms with E-state index in [-0.39, 0.29) is 0 Å². The molecule has 3 rings (SSSR count). The third-order valence-corrected chi connectivity index (χ3v) is 4.29. The maximum atomic E-state index is 12.5. The Morgan fingerprint density at radius 3 is 2.70 bits per heavy atom. The second kappa shape index (κ2) is 4.76. The first kappa shape index (κ1) is 13.4. The van der Waals surface area contributed by atoms with Crippen LogP contribution < -0.4 is 4.90 Å². The van der Waals surface area contributed by atoms with Crippen LogP contribution in [0.25, 0.3) is 0 Å². The van der Waals surface area contributed by atoms with Crippen molar-refractivity contribution in [2.75, 3.05) is 18.0 Å². The predicted molar refractivity (Wildman–Crippen MR) is 69.8 cm³/mol. The number of thiazole rings is 1. The van der Waals surface area contributed by atoms with Gasteiger partial charge in [0.2, 0.25) is 0 Å². The number of nitrogens with zero attached hydrogens (tertiary/aromatic N) is 4. The summed E-state index contributed by atoms with van der Waals surface area (Å²) in [6.45, 7) is 4.26. The Bertz CT molecular complexity index is 598. The molecule has 20 heavy (non-hydrogen) atoms. The predicted octanol–water partition coefficient (Wildman–Crippen LogP) is 2.80. The van der Waals surface area contributed by atoms with Crippen molar-refractivity contribution in [2.45, 2.75) is 19.6 Å². The highest BCUT2D eigenvalue weighted by molar-refractivity contribution is 7.13. The summed E-state index contributed by atoms with van der Waals surface area (Å²) in [5.74, 6) is 1.39. The SMILES string of the molecule is Cc1nccn1CC1CN(c2nc(C(F)(F)F)cs2)C1. The van der Waals surface area contributed by atoms with E-state index < -0.39 is 11.9 Å². The van der Waals surface area contributed by atoms with Gasteiger partial charge in [0.15, 0.2) is 10.8 Å². The minimum Gasteiger partial charge on any atom is -0.347 e. The average Bonchev–Trinajstić information content (AvgIpc) is 2.91. The lowest BCUT2D eigenvalue weighted by molar-refractivity contribution is -0.140. The molecular formula is C12H13F3N4S. The Morgan fingerprint density at radius 1 is 1.40 bits per heavy atom. The van der Waals surface area contributed by atoms with Gasteiger partial charge in [-0.1, -0.05) is 0 Å². The zero-order valence-electron chi connectivity index (χ0n) is 10.8.